The second kappa shape index (κ2) is 7.14. The van der Waals surface area contributed by atoms with Gasteiger partial charge in [-0.1, -0.05) is 0 Å². The molecule has 3 rings (SSSR count). The highest BCUT2D eigenvalue weighted by Crippen LogP contribution is 2.22. The van der Waals surface area contributed by atoms with Crippen molar-refractivity contribution >= 4 is 27.2 Å². The highest BCUT2D eigenvalue weighted by molar-refractivity contribution is 7.91. The molecule has 1 aliphatic heterocycles. The van der Waals surface area contributed by atoms with Gasteiger partial charge in [-0.15, -0.1) is 0 Å². The van der Waals surface area contributed by atoms with Gasteiger partial charge in [0.05, 0.1) is 23.1 Å². The van der Waals surface area contributed by atoms with E-state index in [1.165, 1.54) is 6.20 Å². The van der Waals surface area contributed by atoms with Crippen molar-refractivity contribution in [3.63, 3.8) is 0 Å². The summed E-state index contributed by atoms with van der Waals surface area (Å²) in [6.07, 6.45) is 2.09. The van der Waals surface area contributed by atoms with Crippen molar-refractivity contribution in [1.29, 1.82) is 5.26 Å². The maximum Gasteiger partial charge on any atom is 0.255 e. The number of rotatable bonds is 4. The molecule has 1 aromatic carbocycles. The molecule has 1 atom stereocenters. The molecule has 1 unspecified atom stereocenters. The van der Waals surface area contributed by atoms with Gasteiger partial charge in [-0.25, -0.2) is 13.4 Å². The third-order valence-electron chi connectivity index (χ3n) is 4.40. The number of hydrogen-bond acceptors (Lipinski definition) is 6. The zero-order chi connectivity index (χ0) is 18.7. The monoisotopic (exact) mass is 370 g/mol. The first kappa shape index (κ1) is 17.9. The van der Waals surface area contributed by atoms with Crippen LogP contribution in [0.3, 0.4) is 0 Å². The number of carbonyl (C=O) groups is 1. The van der Waals surface area contributed by atoms with Crippen LogP contribution in [0.5, 0.6) is 0 Å². The van der Waals surface area contributed by atoms with Crippen LogP contribution in [0.4, 0.5) is 11.5 Å². The lowest BCUT2D eigenvalue weighted by Crippen LogP contribution is -2.33. The van der Waals surface area contributed by atoms with Crippen LogP contribution in [0.15, 0.2) is 42.6 Å². The Morgan fingerprint density at radius 2 is 2.04 bits per heavy atom. The molecule has 0 aliphatic carbocycles. The molecular formula is C18H18N4O3S. The number of sulfone groups is 1. The van der Waals surface area contributed by atoms with Crippen molar-refractivity contribution in [1.82, 2.24) is 4.98 Å². The Morgan fingerprint density at radius 1 is 1.31 bits per heavy atom. The lowest BCUT2D eigenvalue weighted by molar-refractivity contribution is 0.102. The number of aromatic nitrogens is 1. The van der Waals surface area contributed by atoms with Gasteiger partial charge in [-0.05, 0) is 42.8 Å². The average Bonchev–Trinajstić information content (AvgIpc) is 3.01. The summed E-state index contributed by atoms with van der Waals surface area (Å²) in [5.41, 5.74) is 1.53. The molecule has 0 saturated carbocycles. The van der Waals surface area contributed by atoms with Crippen LogP contribution in [-0.4, -0.2) is 43.9 Å². The summed E-state index contributed by atoms with van der Waals surface area (Å²) < 4.78 is 23.3. The Kier molecular flexibility index (Phi) is 4.91. The van der Waals surface area contributed by atoms with E-state index in [1.54, 1.807) is 43.4 Å². The average molecular weight is 370 g/mol. The lowest BCUT2D eigenvalue weighted by Gasteiger charge is -2.24. The first-order valence-corrected chi connectivity index (χ1v) is 9.91. The van der Waals surface area contributed by atoms with Crippen LogP contribution >= 0.6 is 0 Å². The van der Waals surface area contributed by atoms with Gasteiger partial charge in [0.2, 0.25) is 0 Å². The first-order chi connectivity index (χ1) is 12.4. The van der Waals surface area contributed by atoms with Gasteiger partial charge in [0, 0.05) is 30.5 Å². The predicted molar refractivity (Wildman–Crippen MR) is 98.8 cm³/mol. The molecule has 1 N–H and O–H groups in total. The van der Waals surface area contributed by atoms with Gasteiger partial charge in [0.1, 0.15) is 5.82 Å². The Morgan fingerprint density at radius 3 is 2.65 bits per heavy atom. The first-order valence-electron chi connectivity index (χ1n) is 8.09. The van der Waals surface area contributed by atoms with E-state index in [-0.39, 0.29) is 23.5 Å². The molecule has 1 saturated heterocycles. The molecule has 0 bridgehead atoms. The number of benzene rings is 1. The van der Waals surface area contributed by atoms with Crippen LogP contribution < -0.4 is 10.2 Å². The second-order valence-corrected chi connectivity index (χ2v) is 8.44. The maximum atomic E-state index is 12.4. The molecule has 0 spiro atoms. The van der Waals surface area contributed by atoms with Crippen molar-refractivity contribution in [2.75, 3.05) is 28.8 Å². The molecule has 8 heteroatoms. The van der Waals surface area contributed by atoms with Gasteiger partial charge < -0.3 is 10.2 Å². The zero-order valence-electron chi connectivity index (χ0n) is 14.2. The van der Waals surface area contributed by atoms with Gasteiger partial charge in [-0.2, -0.15) is 5.26 Å². The fourth-order valence-electron chi connectivity index (χ4n) is 2.85. The third-order valence-corrected chi connectivity index (χ3v) is 6.15. The van der Waals surface area contributed by atoms with E-state index in [0.717, 1.165) is 0 Å². The van der Waals surface area contributed by atoms with Gasteiger partial charge in [0.25, 0.3) is 5.91 Å². The third kappa shape index (κ3) is 4.00. The topological polar surface area (TPSA) is 103 Å². The summed E-state index contributed by atoms with van der Waals surface area (Å²) in [4.78, 5) is 18.5. The van der Waals surface area contributed by atoms with Crippen molar-refractivity contribution in [2.24, 2.45) is 0 Å². The normalized spacial score (nSPS) is 18.1. The number of nitriles is 1. The number of hydrogen-bond donors (Lipinski definition) is 1. The fraction of sp³-hybridized carbons (Fsp3) is 0.278. The summed E-state index contributed by atoms with van der Waals surface area (Å²) in [7, 11) is -1.21. The van der Waals surface area contributed by atoms with E-state index < -0.39 is 9.84 Å². The molecule has 2 aromatic rings. The number of carbonyl (C=O) groups excluding carboxylic acids is 1. The van der Waals surface area contributed by atoms with Crippen LogP contribution in [0.1, 0.15) is 22.3 Å². The highest BCUT2D eigenvalue weighted by atomic mass is 32.2. The Bertz CT molecular complexity index is 965. The summed E-state index contributed by atoms with van der Waals surface area (Å²) in [6.45, 7) is 0. The van der Waals surface area contributed by atoms with E-state index in [9.17, 15) is 13.2 Å². The quantitative estimate of drug-likeness (QED) is 0.881. The lowest BCUT2D eigenvalue weighted by atomic mass is 10.2. The molecule has 7 nitrogen and oxygen atoms in total. The number of anilines is 2. The molecule has 134 valence electrons. The molecule has 1 aliphatic rings. The Hall–Kier alpha value is -2.92. The van der Waals surface area contributed by atoms with Crippen LogP contribution in [-0.2, 0) is 9.84 Å². The number of pyridine rings is 1. The SMILES string of the molecule is CN(c1cc(C(=O)Nc2ccc(C#N)cc2)ccn1)C1CCS(=O)(=O)C1. The summed E-state index contributed by atoms with van der Waals surface area (Å²) in [5.74, 6) is 0.540. The van der Waals surface area contributed by atoms with Crippen molar-refractivity contribution in [2.45, 2.75) is 12.5 Å². The van der Waals surface area contributed by atoms with E-state index in [0.29, 0.717) is 29.1 Å². The largest absolute Gasteiger partial charge is 0.356 e. The maximum absolute atomic E-state index is 12.4. The van der Waals surface area contributed by atoms with Crippen LogP contribution in [0, 0.1) is 11.3 Å². The van der Waals surface area contributed by atoms with Crippen LogP contribution in [0.25, 0.3) is 0 Å². The van der Waals surface area contributed by atoms with E-state index >= 15 is 0 Å². The number of amides is 1. The van der Waals surface area contributed by atoms with Gasteiger partial charge in [-0.3, -0.25) is 4.79 Å². The molecule has 1 fully saturated rings. The fourth-order valence-corrected chi connectivity index (χ4v) is 4.63. The van der Waals surface area contributed by atoms with E-state index in [4.69, 9.17) is 5.26 Å². The minimum absolute atomic E-state index is 0.104. The second-order valence-electron chi connectivity index (χ2n) is 6.21. The summed E-state index contributed by atoms with van der Waals surface area (Å²) >= 11 is 0. The zero-order valence-corrected chi connectivity index (χ0v) is 15.0. The van der Waals surface area contributed by atoms with Crippen molar-refractivity contribution in [3.8, 4) is 6.07 Å². The number of nitrogens with zero attached hydrogens (tertiary/aromatic N) is 3. The van der Waals surface area contributed by atoms with Crippen molar-refractivity contribution < 1.29 is 13.2 Å². The molecular weight excluding hydrogens is 352 g/mol. The predicted octanol–water partition coefficient (Wildman–Crippen LogP) is 1.83. The molecule has 2 heterocycles. The molecule has 1 amide bonds. The molecule has 26 heavy (non-hydrogen) atoms. The minimum atomic E-state index is -2.99. The van der Waals surface area contributed by atoms with Gasteiger partial charge >= 0.3 is 0 Å². The Balaban J connectivity index is 1.73. The Labute approximate surface area is 152 Å². The van der Waals surface area contributed by atoms with Crippen molar-refractivity contribution in [3.05, 3.63) is 53.7 Å². The highest BCUT2D eigenvalue weighted by Gasteiger charge is 2.31. The summed E-state index contributed by atoms with van der Waals surface area (Å²) in [6, 6.07) is 11.7. The smallest absolute Gasteiger partial charge is 0.255 e. The standard InChI is InChI=1S/C18H18N4O3S/c1-22(16-7-9-26(24,25)12-16)17-10-14(6-8-20-17)18(23)21-15-4-2-13(11-19)3-5-15/h2-6,8,10,16H,7,9,12H2,1H3,(H,21,23). The van der Waals surface area contributed by atoms with Gasteiger partial charge in [0.15, 0.2) is 9.84 Å². The minimum Gasteiger partial charge on any atom is -0.356 e. The van der Waals surface area contributed by atoms with Crippen LogP contribution in [0.2, 0.25) is 0 Å². The van der Waals surface area contributed by atoms with E-state index in [2.05, 4.69) is 10.3 Å². The number of nitrogens with one attached hydrogen (secondary N) is 1. The molecule has 0 radical (unpaired) electrons. The molecule has 1 aromatic heterocycles. The summed E-state index contributed by atoms with van der Waals surface area (Å²) in [5, 5.41) is 11.6. The van der Waals surface area contributed by atoms with E-state index in [1.807, 2.05) is 11.0 Å².